The maximum absolute atomic E-state index is 12.3. The van der Waals surface area contributed by atoms with Gasteiger partial charge in [0.05, 0.1) is 5.92 Å². The maximum Gasteiger partial charge on any atom is 0.312 e. The number of esters is 1. The zero-order valence-electron chi connectivity index (χ0n) is 15.3. The number of nitrogens with one attached hydrogen (secondary N) is 1. The standard InChI is InChI=1S/C18H31N3O4/c1-12-5-3-4-6-15(12)21(2)16(22)11-25-17(23)13-7-9-14(10-8-13)20-18(19)24/h12-15H,3-11H2,1-2H3,(H3,19,20,24)/t12-,13?,14?,15-/m1/s1. The highest BCUT2D eigenvalue weighted by Gasteiger charge is 2.30. The molecular weight excluding hydrogens is 322 g/mol. The van der Waals surface area contributed by atoms with E-state index in [9.17, 15) is 14.4 Å². The molecule has 3 amide bonds. The van der Waals surface area contributed by atoms with Crippen LogP contribution in [0.3, 0.4) is 0 Å². The van der Waals surface area contributed by atoms with Gasteiger partial charge in [0, 0.05) is 19.1 Å². The molecule has 0 saturated heterocycles. The van der Waals surface area contributed by atoms with Crippen molar-refractivity contribution in [1.82, 2.24) is 10.2 Å². The summed E-state index contributed by atoms with van der Waals surface area (Å²) < 4.78 is 5.26. The van der Waals surface area contributed by atoms with E-state index in [1.165, 1.54) is 6.42 Å². The number of nitrogens with two attached hydrogens (primary N) is 1. The molecule has 0 unspecified atom stereocenters. The van der Waals surface area contributed by atoms with Crippen molar-refractivity contribution in [3.63, 3.8) is 0 Å². The average molecular weight is 353 g/mol. The van der Waals surface area contributed by atoms with Crippen LogP contribution < -0.4 is 11.1 Å². The van der Waals surface area contributed by atoms with E-state index in [1.54, 1.807) is 4.90 Å². The minimum absolute atomic E-state index is 0.0297. The molecule has 7 heteroatoms. The maximum atomic E-state index is 12.3. The van der Waals surface area contributed by atoms with E-state index in [-0.39, 0.29) is 36.5 Å². The molecule has 0 aromatic heterocycles. The minimum Gasteiger partial charge on any atom is -0.455 e. The van der Waals surface area contributed by atoms with Gasteiger partial charge in [0.2, 0.25) is 0 Å². The minimum atomic E-state index is -0.531. The van der Waals surface area contributed by atoms with Crippen molar-refractivity contribution in [2.24, 2.45) is 17.6 Å². The Hall–Kier alpha value is -1.79. The Kier molecular flexibility index (Phi) is 7.08. The van der Waals surface area contributed by atoms with Crippen molar-refractivity contribution in [1.29, 1.82) is 0 Å². The average Bonchev–Trinajstić information content (AvgIpc) is 2.59. The fraction of sp³-hybridized carbons (Fsp3) is 0.833. The van der Waals surface area contributed by atoms with Crippen molar-refractivity contribution in [2.45, 2.75) is 70.4 Å². The second-order valence-corrected chi connectivity index (χ2v) is 7.50. The van der Waals surface area contributed by atoms with E-state index in [4.69, 9.17) is 10.5 Å². The van der Waals surface area contributed by atoms with E-state index in [2.05, 4.69) is 12.2 Å². The summed E-state index contributed by atoms with van der Waals surface area (Å²) in [6, 6.07) is -0.256. The first-order valence-electron chi connectivity index (χ1n) is 9.36. The molecule has 0 radical (unpaired) electrons. The lowest BCUT2D eigenvalue weighted by Gasteiger charge is -2.36. The molecule has 25 heavy (non-hydrogen) atoms. The van der Waals surface area contributed by atoms with Gasteiger partial charge in [-0.3, -0.25) is 9.59 Å². The number of rotatable bonds is 5. The van der Waals surface area contributed by atoms with Gasteiger partial charge in [-0.2, -0.15) is 0 Å². The molecule has 142 valence electrons. The number of urea groups is 1. The van der Waals surface area contributed by atoms with Gasteiger partial charge in [0.25, 0.3) is 5.91 Å². The van der Waals surface area contributed by atoms with E-state index < -0.39 is 6.03 Å². The lowest BCUT2D eigenvalue weighted by molar-refractivity contribution is -0.157. The third-order valence-corrected chi connectivity index (χ3v) is 5.70. The zero-order chi connectivity index (χ0) is 18.4. The molecule has 7 nitrogen and oxygen atoms in total. The quantitative estimate of drug-likeness (QED) is 0.736. The normalized spacial score (nSPS) is 29.5. The molecular formula is C18H31N3O4. The van der Waals surface area contributed by atoms with Gasteiger partial charge < -0.3 is 20.7 Å². The Balaban J connectivity index is 1.72. The first-order valence-corrected chi connectivity index (χ1v) is 9.36. The summed E-state index contributed by atoms with van der Waals surface area (Å²) >= 11 is 0. The molecule has 0 spiro atoms. The first kappa shape index (κ1) is 19.5. The molecule has 2 aliphatic carbocycles. The van der Waals surface area contributed by atoms with Gasteiger partial charge in [-0.05, 0) is 44.4 Å². The van der Waals surface area contributed by atoms with E-state index >= 15 is 0 Å². The topological polar surface area (TPSA) is 102 Å². The lowest BCUT2D eigenvalue weighted by Crippen LogP contribution is -2.45. The number of carbonyl (C=O) groups is 3. The van der Waals surface area contributed by atoms with Gasteiger partial charge in [0.15, 0.2) is 6.61 Å². The Bertz CT molecular complexity index is 489. The number of likely N-dealkylation sites (N-methyl/N-ethyl adjacent to an activating group) is 1. The second-order valence-electron chi connectivity index (χ2n) is 7.50. The van der Waals surface area contributed by atoms with Crippen LogP contribution in [0.1, 0.15) is 58.3 Å². The molecule has 0 aliphatic heterocycles. The Morgan fingerprint density at radius 1 is 1.08 bits per heavy atom. The van der Waals surface area contributed by atoms with Gasteiger partial charge in [0.1, 0.15) is 0 Å². The van der Waals surface area contributed by atoms with Crippen LogP contribution in [0.25, 0.3) is 0 Å². The SMILES string of the molecule is C[C@@H]1CCCC[C@H]1N(C)C(=O)COC(=O)C1CCC(NC(N)=O)CC1. The monoisotopic (exact) mass is 353 g/mol. The third kappa shape index (κ3) is 5.61. The molecule has 0 heterocycles. The van der Waals surface area contributed by atoms with Crippen LogP contribution >= 0.6 is 0 Å². The van der Waals surface area contributed by atoms with Gasteiger partial charge >= 0.3 is 12.0 Å². The summed E-state index contributed by atoms with van der Waals surface area (Å²) in [6.07, 6.45) is 7.24. The highest BCUT2D eigenvalue weighted by Crippen LogP contribution is 2.28. The van der Waals surface area contributed by atoms with Crippen LogP contribution in [-0.4, -0.2) is 48.5 Å². The number of amides is 3. The summed E-state index contributed by atoms with van der Waals surface area (Å²) in [7, 11) is 1.81. The summed E-state index contributed by atoms with van der Waals surface area (Å²) in [5.41, 5.74) is 5.11. The Morgan fingerprint density at radius 2 is 1.72 bits per heavy atom. The van der Waals surface area contributed by atoms with Crippen molar-refractivity contribution < 1.29 is 19.1 Å². The van der Waals surface area contributed by atoms with Crippen LogP contribution in [0.2, 0.25) is 0 Å². The number of ether oxygens (including phenoxy) is 1. The molecule has 0 bridgehead atoms. The van der Waals surface area contributed by atoms with Crippen LogP contribution in [0.5, 0.6) is 0 Å². The van der Waals surface area contributed by atoms with Crippen LogP contribution in [-0.2, 0) is 14.3 Å². The predicted octanol–water partition coefficient (Wildman–Crippen LogP) is 1.79. The molecule has 2 atom stereocenters. The third-order valence-electron chi connectivity index (χ3n) is 5.70. The Labute approximate surface area is 149 Å². The van der Waals surface area contributed by atoms with E-state index in [1.807, 2.05) is 7.05 Å². The predicted molar refractivity (Wildman–Crippen MR) is 93.6 cm³/mol. The molecule has 2 rings (SSSR count). The van der Waals surface area contributed by atoms with Gasteiger partial charge in [-0.1, -0.05) is 19.8 Å². The summed E-state index contributed by atoms with van der Waals surface area (Å²) in [5, 5.41) is 2.67. The largest absolute Gasteiger partial charge is 0.455 e. The first-order chi connectivity index (χ1) is 11.9. The lowest BCUT2D eigenvalue weighted by atomic mass is 9.85. The van der Waals surface area contributed by atoms with Crippen molar-refractivity contribution in [2.75, 3.05) is 13.7 Å². The van der Waals surface area contributed by atoms with E-state index in [0.717, 1.165) is 19.3 Å². The van der Waals surface area contributed by atoms with Crippen molar-refractivity contribution >= 4 is 17.9 Å². The smallest absolute Gasteiger partial charge is 0.312 e. The van der Waals surface area contributed by atoms with E-state index in [0.29, 0.717) is 31.6 Å². The molecule has 2 fully saturated rings. The van der Waals surface area contributed by atoms with Gasteiger partial charge in [-0.25, -0.2) is 4.79 Å². The Morgan fingerprint density at radius 3 is 2.32 bits per heavy atom. The fourth-order valence-corrected chi connectivity index (χ4v) is 4.08. The molecule has 2 saturated carbocycles. The van der Waals surface area contributed by atoms with Crippen molar-refractivity contribution in [3.8, 4) is 0 Å². The van der Waals surface area contributed by atoms with Crippen LogP contribution in [0.15, 0.2) is 0 Å². The summed E-state index contributed by atoms with van der Waals surface area (Å²) in [4.78, 5) is 37.1. The van der Waals surface area contributed by atoms with Crippen LogP contribution in [0.4, 0.5) is 4.79 Å². The number of hydrogen-bond acceptors (Lipinski definition) is 4. The number of primary amides is 1. The zero-order valence-corrected chi connectivity index (χ0v) is 15.3. The number of hydrogen-bond donors (Lipinski definition) is 2. The fourth-order valence-electron chi connectivity index (χ4n) is 4.08. The molecule has 0 aromatic rings. The number of nitrogens with zero attached hydrogens (tertiary/aromatic N) is 1. The summed E-state index contributed by atoms with van der Waals surface area (Å²) in [6.45, 7) is 2.00. The highest BCUT2D eigenvalue weighted by atomic mass is 16.5. The molecule has 3 N–H and O–H groups in total. The van der Waals surface area contributed by atoms with Crippen LogP contribution in [0, 0.1) is 11.8 Å². The highest BCUT2D eigenvalue weighted by molar-refractivity contribution is 5.81. The van der Waals surface area contributed by atoms with Gasteiger partial charge in [-0.15, -0.1) is 0 Å². The second kappa shape index (κ2) is 9.06. The molecule has 0 aromatic carbocycles. The number of carbonyl (C=O) groups excluding carboxylic acids is 3. The summed E-state index contributed by atoms with van der Waals surface area (Å²) in [5.74, 6) is -0.142. The molecule has 2 aliphatic rings. The van der Waals surface area contributed by atoms with Crippen molar-refractivity contribution in [3.05, 3.63) is 0 Å².